The number of halogens is 1. The molecule has 2 N–H and O–H groups in total. The lowest BCUT2D eigenvalue weighted by Gasteiger charge is -2.17. The van der Waals surface area contributed by atoms with Crippen LogP contribution in [-0.4, -0.2) is 29.7 Å². The number of benzene rings is 1. The SMILES string of the molecule is CCCNC(=O)[C@H](C)NC(=O)[C@H](C)Sc1ccccc1Cl. The first kappa shape index (κ1) is 17.9. The fourth-order valence-corrected chi connectivity index (χ4v) is 2.74. The van der Waals surface area contributed by atoms with E-state index >= 15 is 0 Å². The molecule has 2 amide bonds. The number of carbonyl (C=O) groups excluding carboxylic acids is 2. The molecule has 0 aliphatic rings. The zero-order chi connectivity index (χ0) is 15.8. The number of nitrogens with one attached hydrogen (secondary N) is 2. The van der Waals surface area contributed by atoms with Gasteiger partial charge in [0.1, 0.15) is 6.04 Å². The van der Waals surface area contributed by atoms with Crippen molar-refractivity contribution in [1.29, 1.82) is 0 Å². The van der Waals surface area contributed by atoms with E-state index in [2.05, 4.69) is 10.6 Å². The Labute approximate surface area is 135 Å². The van der Waals surface area contributed by atoms with E-state index in [0.29, 0.717) is 11.6 Å². The van der Waals surface area contributed by atoms with Crippen molar-refractivity contribution in [2.45, 2.75) is 43.4 Å². The highest BCUT2D eigenvalue weighted by molar-refractivity contribution is 8.00. The van der Waals surface area contributed by atoms with Crippen LogP contribution in [0.5, 0.6) is 0 Å². The van der Waals surface area contributed by atoms with Crippen LogP contribution in [0.2, 0.25) is 5.02 Å². The third-order valence-corrected chi connectivity index (χ3v) is 4.43. The second-order valence-electron chi connectivity index (χ2n) is 4.71. The van der Waals surface area contributed by atoms with Crippen LogP contribution in [0.25, 0.3) is 0 Å². The zero-order valence-electron chi connectivity index (χ0n) is 12.5. The molecule has 0 aliphatic carbocycles. The second kappa shape index (κ2) is 8.95. The summed E-state index contributed by atoms with van der Waals surface area (Å²) in [5.41, 5.74) is 0. The van der Waals surface area contributed by atoms with Crippen molar-refractivity contribution in [3.05, 3.63) is 29.3 Å². The first-order chi connectivity index (χ1) is 9.95. The molecule has 4 nitrogen and oxygen atoms in total. The maximum Gasteiger partial charge on any atom is 0.242 e. The molecule has 116 valence electrons. The van der Waals surface area contributed by atoms with Crippen molar-refractivity contribution in [2.24, 2.45) is 0 Å². The Morgan fingerprint density at radius 1 is 1.24 bits per heavy atom. The van der Waals surface area contributed by atoms with E-state index in [9.17, 15) is 9.59 Å². The number of hydrogen-bond donors (Lipinski definition) is 2. The first-order valence-electron chi connectivity index (χ1n) is 6.95. The molecule has 0 saturated carbocycles. The molecule has 0 saturated heterocycles. The monoisotopic (exact) mass is 328 g/mol. The predicted octanol–water partition coefficient (Wildman–Crippen LogP) is 2.85. The smallest absolute Gasteiger partial charge is 0.242 e. The largest absolute Gasteiger partial charge is 0.354 e. The van der Waals surface area contributed by atoms with E-state index in [1.54, 1.807) is 19.9 Å². The lowest BCUT2D eigenvalue weighted by atomic mass is 10.3. The van der Waals surface area contributed by atoms with E-state index in [4.69, 9.17) is 11.6 Å². The van der Waals surface area contributed by atoms with Crippen molar-refractivity contribution in [1.82, 2.24) is 10.6 Å². The summed E-state index contributed by atoms with van der Waals surface area (Å²) >= 11 is 7.44. The quantitative estimate of drug-likeness (QED) is 0.757. The van der Waals surface area contributed by atoms with Gasteiger partial charge in [0.25, 0.3) is 0 Å². The summed E-state index contributed by atoms with van der Waals surface area (Å²) in [5, 5.41) is 5.76. The molecule has 1 aromatic carbocycles. The molecule has 0 radical (unpaired) electrons. The molecule has 0 aromatic heterocycles. The molecule has 0 heterocycles. The van der Waals surface area contributed by atoms with Crippen molar-refractivity contribution >= 4 is 35.2 Å². The van der Waals surface area contributed by atoms with Crippen molar-refractivity contribution in [2.75, 3.05) is 6.54 Å². The van der Waals surface area contributed by atoms with Crippen molar-refractivity contribution < 1.29 is 9.59 Å². The van der Waals surface area contributed by atoms with Crippen molar-refractivity contribution in [3.8, 4) is 0 Å². The van der Waals surface area contributed by atoms with Crippen LogP contribution >= 0.6 is 23.4 Å². The molecular weight excluding hydrogens is 308 g/mol. The maximum atomic E-state index is 12.1. The minimum Gasteiger partial charge on any atom is -0.354 e. The van der Waals surface area contributed by atoms with Crippen LogP contribution in [0.15, 0.2) is 29.2 Å². The summed E-state index contributed by atoms with van der Waals surface area (Å²) in [6.45, 7) is 6.06. The van der Waals surface area contributed by atoms with Gasteiger partial charge in [-0.2, -0.15) is 0 Å². The second-order valence-corrected chi connectivity index (χ2v) is 6.50. The van der Waals surface area contributed by atoms with Crippen LogP contribution in [0, 0.1) is 0 Å². The lowest BCUT2D eigenvalue weighted by Crippen LogP contribution is -2.47. The molecule has 0 unspecified atom stereocenters. The predicted molar refractivity (Wildman–Crippen MR) is 87.7 cm³/mol. The molecule has 2 atom stereocenters. The van der Waals surface area contributed by atoms with E-state index in [1.165, 1.54) is 11.8 Å². The Bertz CT molecular complexity index is 496. The summed E-state index contributed by atoms with van der Waals surface area (Å²) in [4.78, 5) is 24.7. The van der Waals surface area contributed by atoms with E-state index < -0.39 is 6.04 Å². The van der Waals surface area contributed by atoms with E-state index in [-0.39, 0.29) is 17.1 Å². The first-order valence-corrected chi connectivity index (χ1v) is 8.20. The van der Waals surface area contributed by atoms with Crippen molar-refractivity contribution in [3.63, 3.8) is 0 Å². The van der Waals surface area contributed by atoms with Gasteiger partial charge in [0.15, 0.2) is 0 Å². The van der Waals surface area contributed by atoms with Gasteiger partial charge in [-0.3, -0.25) is 9.59 Å². The molecule has 0 aliphatic heterocycles. The molecule has 0 spiro atoms. The summed E-state index contributed by atoms with van der Waals surface area (Å²) in [6, 6.07) is 6.83. The van der Waals surface area contributed by atoms with Gasteiger partial charge in [-0.1, -0.05) is 30.7 Å². The fraction of sp³-hybridized carbons (Fsp3) is 0.467. The summed E-state index contributed by atoms with van der Waals surface area (Å²) in [7, 11) is 0. The Balaban J connectivity index is 2.51. The molecule has 0 fully saturated rings. The van der Waals surface area contributed by atoms with E-state index in [0.717, 1.165) is 11.3 Å². The number of rotatable bonds is 7. The summed E-state index contributed by atoms with van der Waals surface area (Å²) in [5.74, 6) is -0.348. The van der Waals surface area contributed by atoms with Gasteiger partial charge < -0.3 is 10.6 Å². The minimum atomic E-state index is -0.543. The zero-order valence-corrected chi connectivity index (χ0v) is 14.1. The average Bonchev–Trinajstić information content (AvgIpc) is 2.46. The van der Waals surface area contributed by atoms with Gasteiger partial charge in [-0.05, 0) is 32.4 Å². The van der Waals surface area contributed by atoms with Gasteiger partial charge in [-0.15, -0.1) is 11.8 Å². The number of carbonyl (C=O) groups is 2. The maximum absolute atomic E-state index is 12.1. The topological polar surface area (TPSA) is 58.2 Å². The Kier molecular flexibility index (Phi) is 7.61. The van der Waals surface area contributed by atoms with Crippen LogP contribution in [0.4, 0.5) is 0 Å². The highest BCUT2D eigenvalue weighted by Gasteiger charge is 2.20. The highest BCUT2D eigenvalue weighted by atomic mass is 35.5. The Hall–Kier alpha value is -1.20. The van der Waals surface area contributed by atoms with Crippen LogP contribution in [-0.2, 0) is 9.59 Å². The third-order valence-electron chi connectivity index (χ3n) is 2.81. The lowest BCUT2D eigenvalue weighted by molar-refractivity contribution is -0.128. The summed E-state index contributed by atoms with van der Waals surface area (Å²) in [6.07, 6.45) is 0.866. The number of thioether (sulfide) groups is 1. The Morgan fingerprint density at radius 3 is 2.52 bits per heavy atom. The Morgan fingerprint density at radius 2 is 1.90 bits per heavy atom. The standard InChI is InChI=1S/C15H21ClN2O2S/c1-4-9-17-14(19)10(2)18-15(20)11(3)21-13-8-6-5-7-12(13)16/h5-8,10-11H,4,9H2,1-3H3,(H,17,19)(H,18,20)/t10-,11-/m0/s1. The van der Waals surface area contributed by atoms with Gasteiger partial charge in [0.2, 0.25) is 11.8 Å². The minimum absolute atomic E-state index is 0.167. The molecular formula is C15H21ClN2O2S. The molecule has 1 aromatic rings. The van der Waals surface area contributed by atoms with Crippen LogP contribution < -0.4 is 10.6 Å². The average molecular weight is 329 g/mol. The van der Waals surface area contributed by atoms with Gasteiger partial charge in [0, 0.05) is 11.4 Å². The van der Waals surface area contributed by atoms with Crippen LogP contribution in [0.3, 0.4) is 0 Å². The molecule has 1 rings (SSSR count). The molecule has 0 bridgehead atoms. The van der Waals surface area contributed by atoms with Crippen LogP contribution in [0.1, 0.15) is 27.2 Å². The third kappa shape index (κ3) is 5.98. The fourth-order valence-electron chi connectivity index (χ4n) is 1.58. The van der Waals surface area contributed by atoms with Gasteiger partial charge >= 0.3 is 0 Å². The summed E-state index contributed by atoms with van der Waals surface area (Å²) < 4.78 is 0. The normalized spacial score (nSPS) is 13.3. The molecule has 21 heavy (non-hydrogen) atoms. The van der Waals surface area contributed by atoms with Gasteiger partial charge in [0.05, 0.1) is 10.3 Å². The van der Waals surface area contributed by atoms with Gasteiger partial charge in [-0.25, -0.2) is 0 Å². The molecule has 6 heteroatoms. The highest BCUT2D eigenvalue weighted by Crippen LogP contribution is 2.29. The number of hydrogen-bond acceptors (Lipinski definition) is 3. The van der Waals surface area contributed by atoms with E-state index in [1.807, 2.05) is 25.1 Å². The number of amides is 2.